The molecule has 2 aromatic carbocycles. The van der Waals surface area contributed by atoms with Crippen LogP contribution in [0.1, 0.15) is 37.5 Å². The molecule has 1 fully saturated rings. The van der Waals surface area contributed by atoms with Crippen LogP contribution in [0.3, 0.4) is 0 Å². The van der Waals surface area contributed by atoms with Crippen molar-refractivity contribution in [3.05, 3.63) is 77.4 Å². The summed E-state index contributed by atoms with van der Waals surface area (Å²) in [4.78, 5) is 0. The molecule has 0 bridgehead atoms. The van der Waals surface area contributed by atoms with E-state index in [-0.39, 0.29) is 11.7 Å². The average molecular weight is 264 g/mol. The molecule has 0 spiro atoms. The molecule has 3 rings (SSSR count). The van der Waals surface area contributed by atoms with E-state index in [4.69, 9.17) is 4.74 Å². The second-order valence-electron chi connectivity index (χ2n) is 5.81. The first-order valence-corrected chi connectivity index (χ1v) is 7.14. The normalized spacial score (nSPS) is 23.1. The Bertz CT molecular complexity index is 596. The van der Waals surface area contributed by atoms with Crippen molar-refractivity contribution in [3.63, 3.8) is 0 Å². The maximum atomic E-state index is 6.25. The van der Waals surface area contributed by atoms with Gasteiger partial charge in [-0.05, 0) is 30.5 Å². The summed E-state index contributed by atoms with van der Waals surface area (Å²) in [5, 5.41) is 0. The summed E-state index contributed by atoms with van der Waals surface area (Å²) in [6.45, 7) is 4.31. The lowest BCUT2D eigenvalue weighted by atomic mass is 9.93. The van der Waals surface area contributed by atoms with Crippen molar-refractivity contribution >= 4 is 6.08 Å². The quantitative estimate of drug-likeness (QED) is 0.740. The van der Waals surface area contributed by atoms with E-state index in [9.17, 15) is 0 Å². The molecule has 0 saturated carbocycles. The van der Waals surface area contributed by atoms with E-state index < -0.39 is 0 Å². The first-order valence-electron chi connectivity index (χ1n) is 7.14. The van der Waals surface area contributed by atoms with Crippen LogP contribution >= 0.6 is 0 Å². The van der Waals surface area contributed by atoms with Crippen molar-refractivity contribution in [1.29, 1.82) is 0 Å². The molecule has 0 aromatic heterocycles. The van der Waals surface area contributed by atoms with Crippen LogP contribution < -0.4 is 0 Å². The zero-order chi connectivity index (χ0) is 14.0. The van der Waals surface area contributed by atoms with E-state index in [1.807, 2.05) is 12.1 Å². The summed E-state index contributed by atoms with van der Waals surface area (Å²) in [5.74, 6) is 0. The van der Waals surface area contributed by atoms with E-state index >= 15 is 0 Å². The van der Waals surface area contributed by atoms with Crippen LogP contribution in [-0.2, 0) is 4.74 Å². The summed E-state index contributed by atoms with van der Waals surface area (Å²) in [6.07, 6.45) is 3.40. The predicted octanol–water partition coefficient (Wildman–Crippen LogP) is 5.01. The van der Waals surface area contributed by atoms with Crippen LogP contribution in [0.5, 0.6) is 0 Å². The Balaban J connectivity index is 1.88. The van der Waals surface area contributed by atoms with Crippen LogP contribution in [0.25, 0.3) is 6.08 Å². The van der Waals surface area contributed by atoms with Crippen molar-refractivity contribution in [1.82, 2.24) is 0 Å². The minimum atomic E-state index is -0.198. The minimum Gasteiger partial charge on any atom is -0.363 e. The molecule has 1 heterocycles. The Hall–Kier alpha value is -1.86. The summed E-state index contributed by atoms with van der Waals surface area (Å²) in [7, 11) is 0. The highest BCUT2D eigenvalue weighted by Crippen LogP contribution is 2.43. The van der Waals surface area contributed by atoms with Gasteiger partial charge >= 0.3 is 0 Å². The molecule has 1 aliphatic rings. The second kappa shape index (κ2) is 5.26. The van der Waals surface area contributed by atoms with Gasteiger partial charge in [0.25, 0.3) is 0 Å². The lowest BCUT2D eigenvalue weighted by Gasteiger charge is -2.21. The van der Waals surface area contributed by atoms with Gasteiger partial charge in [0.1, 0.15) is 0 Å². The largest absolute Gasteiger partial charge is 0.363 e. The number of hydrogen-bond acceptors (Lipinski definition) is 1. The van der Waals surface area contributed by atoms with E-state index in [2.05, 4.69) is 68.5 Å². The molecule has 1 heteroatoms. The third-order valence-corrected chi connectivity index (χ3v) is 3.93. The molecule has 1 unspecified atom stereocenters. The smallest absolute Gasteiger partial charge is 0.0874 e. The molecular weight excluding hydrogens is 244 g/mol. The van der Waals surface area contributed by atoms with E-state index in [1.165, 1.54) is 16.7 Å². The fraction of sp³-hybridized carbons (Fsp3) is 0.263. The summed E-state index contributed by atoms with van der Waals surface area (Å²) in [5.41, 5.74) is 3.67. The zero-order valence-electron chi connectivity index (χ0n) is 12.0. The first-order chi connectivity index (χ1) is 9.65. The molecular formula is C19H20O. The standard InChI is InChI=1S/C19H20O/c1-19(2)17(13-15-9-5-3-6-10-15)14-18(20-19)16-11-7-4-8-12-16/h3-13,18H,14H2,1-2H3/b17-13-. The highest BCUT2D eigenvalue weighted by atomic mass is 16.5. The molecule has 1 saturated heterocycles. The molecule has 20 heavy (non-hydrogen) atoms. The van der Waals surface area contributed by atoms with E-state index in [1.54, 1.807) is 0 Å². The molecule has 0 aliphatic carbocycles. The van der Waals surface area contributed by atoms with Crippen LogP contribution in [-0.4, -0.2) is 5.60 Å². The minimum absolute atomic E-state index is 0.168. The Kier molecular flexibility index (Phi) is 3.45. The first kappa shape index (κ1) is 13.1. The molecule has 1 nitrogen and oxygen atoms in total. The zero-order valence-corrected chi connectivity index (χ0v) is 12.0. The van der Waals surface area contributed by atoms with Crippen molar-refractivity contribution < 1.29 is 4.74 Å². The fourth-order valence-electron chi connectivity index (χ4n) is 2.76. The van der Waals surface area contributed by atoms with Crippen molar-refractivity contribution in [2.45, 2.75) is 32.0 Å². The molecule has 0 amide bonds. The van der Waals surface area contributed by atoms with Crippen LogP contribution in [0.2, 0.25) is 0 Å². The summed E-state index contributed by atoms with van der Waals surface area (Å²) in [6, 6.07) is 21.0. The number of ether oxygens (including phenoxy) is 1. The van der Waals surface area contributed by atoms with Crippen LogP contribution in [0.4, 0.5) is 0 Å². The monoisotopic (exact) mass is 264 g/mol. The van der Waals surface area contributed by atoms with Crippen molar-refractivity contribution in [2.75, 3.05) is 0 Å². The third kappa shape index (κ3) is 2.68. The summed E-state index contributed by atoms with van der Waals surface area (Å²) >= 11 is 0. The number of benzene rings is 2. The molecule has 2 aromatic rings. The van der Waals surface area contributed by atoms with E-state index in [0.717, 1.165) is 6.42 Å². The number of rotatable bonds is 2. The molecule has 0 radical (unpaired) electrons. The van der Waals surface area contributed by atoms with Gasteiger partial charge in [-0.2, -0.15) is 0 Å². The van der Waals surface area contributed by atoms with Gasteiger partial charge in [0.15, 0.2) is 0 Å². The maximum absolute atomic E-state index is 6.25. The van der Waals surface area contributed by atoms with Gasteiger partial charge in [0.05, 0.1) is 11.7 Å². The molecule has 1 atom stereocenters. The fourth-order valence-corrected chi connectivity index (χ4v) is 2.76. The average Bonchev–Trinajstić information content (AvgIpc) is 2.76. The van der Waals surface area contributed by atoms with E-state index in [0.29, 0.717) is 0 Å². The summed E-state index contributed by atoms with van der Waals surface area (Å²) < 4.78 is 6.25. The number of hydrogen-bond donors (Lipinski definition) is 0. The SMILES string of the molecule is CC1(C)OC(c2ccccc2)C/C1=C/c1ccccc1. The lowest BCUT2D eigenvalue weighted by Crippen LogP contribution is -2.20. The maximum Gasteiger partial charge on any atom is 0.0874 e. The van der Waals surface area contributed by atoms with Crippen LogP contribution in [0, 0.1) is 0 Å². The van der Waals surface area contributed by atoms with Gasteiger partial charge in [-0.1, -0.05) is 66.7 Å². The molecule has 0 N–H and O–H groups in total. The topological polar surface area (TPSA) is 9.23 Å². The highest BCUT2D eigenvalue weighted by Gasteiger charge is 2.37. The Morgan fingerprint density at radius 2 is 1.55 bits per heavy atom. The Morgan fingerprint density at radius 1 is 0.950 bits per heavy atom. The second-order valence-corrected chi connectivity index (χ2v) is 5.81. The van der Waals surface area contributed by atoms with Gasteiger partial charge in [0, 0.05) is 6.42 Å². The Morgan fingerprint density at radius 3 is 2.20 bits per heavy atom. The van der Waals surface area contributed by atoms with Gasteiger partial charge in [-0.25, -0.2) is 0 Å². The van der Waals surface area contributed by atoms with Gasteiger partial charge < -0.3 is 4.74 Å². The van der Waals surface area contributed by atoms with Gasteiger partial charge in [0.2, 0.25) is 0 Å². The van der Waals surface area contributed by atoms with Crippen molar-refractivity contribution in [2.24, 2.45) is 0 Å². The Labute approximate surface area is 120 Å². The molecule has 1 aliphatic heterocycles. The highest BCUT2D eigenvalue weighted by molar-refractivity contribution is 5.56. The van der Waals surface area contributed by atoms with Crippen LogP contribution in [0.15, 0.2) is 66.2 Å². The van der Waals surface area contributed by atoms with Gasteiger partial charge in [-0.3, -0.25) is 0 Å². The lowest BCUT2D eigenvalue weighted by molar-refractivity contribution is -0.00408. The third-order valence-electron chi connectivity index (χ3n) is 3.93. The molecule has 102 valence electrons. The predicted molar refractivity (Wildman–Crippen MR) is 83.4 cm³/mol. The van der Waals surface area contributed by atoms with Crippen molar-refractivity contribution in [3.8, 4) is 0 Å². The van der Waals surface area contributed by atoms with Gasteiger partial charge in [-0.15, -0.1) is 0 Å².